The molecule has 1 saturated heterocycles. The molecule has 2 amide bonds. The first-order chi connectivity index (χ1) is 15.9. The molecule has 3 aromatic rings. The molecule has 0 spiro atoms. The third-order valence-electron chi connectivity index (χ3n) is 5.00. The number of methoxy groups -OCH3 is 1. The Balaban J connectivity index is 1.50. The SMILES string of the molecule is COc1cc([N+](=O)[O-])cc(/C=C2\SC(=O)N(CCOc3cccc4ccccc34)C2=O)c1O. The highest BCUT2D eigenvalue weighted by Crippen LogP contribution is 2.39. The van der Waals surface area contributed by atoms with Crippen molar-refractivity contribution in [2.24, 2.45) is 0 Å². The van der Waals surface area contributed by atoms with Gasteiger partial charge in [-0.3, -0.25) is 24.6 Å². The Labute approximate surface area is 192 Å². The largest absolute Gasteiger partial charge is 0.504 e. The number of rotatable bonds is 7. The van der Waals surface area contributed by atoms with Crippen LogP contribution in [0.3, 0.4) is 0 Å². The molecule has 1 fully saturated rings. The van der Waals surface area contributed by atoms with Crippen LogP contribution in [0.25, 0.3) is 16.8 Å². The van der Waals surface area contributed by atoms with Crippen LogP contribution in [-0.4, -0.2) is 46.3 Å². The van der Waals surface area contributed by atoms with Gasteiger partial charge in [-0.1, -0.05) is 36.4 Å². The van der Waals surface area contributed by atoms with Gasteiger partial charge in [-0.15, -0.1) is 0 Å². The van der Waals surface area contributed by atoms with Gasteiger partial charge in [0, 0.05) is 17.0 Å². The Morgan fingerprint density at radius 3 is 2.64 bits per heavy atom. The fourth-order valence-corrected chi connectivity index (χ4v) is 4.24. The first kappa shape index (κ1) is 22.2. The second-order valence-corrected chi connectivity index (χ2v) is 8.00. The number of non-ortho nitro benzene ring substituents is 1. The summed E-state index contributed by atoms with van der Waals surface area (Å²) in [5.41, 5.74) is -0.322. The summed E-state index contributed by atoms with van der Waals surface area (Å²) < 4.78 is 10.8. The first-order valence-electron chi connectivity index (χ1n) is 9.80. The number of ether oxygens (including phenoxy) is 2. The first-order valence-corrected chi connectivity index (χ1v) is 10.6. The van der Waals surface area contributed by atoms with Gasteiger partial charge in [0.05, 0.1) is 29.5 Å². The van der Waals surface area contributed by atoms with Crippen molar-refractivity contribution in [3.8, 4) is 17.2 Å². The van der Waals surface area contributed by atoms with Crippen LogP contribution in [0.2, 0.25) is 0 Å². The zero-order chi connectivity index (χ0) is 23.5. The van der Waals surface area contributed by atoms with Crippen molar-refractivity contribution in [2.75, 3.05) is 20.3 Å². The Morgan fingerprint density at radius 2 is 1.88 bits per heavy atom. The lowest BCUT2D eigenvalue weighted by molar-refractivity contribution is -0.385. The van der Waals surface area contributed by atoms with Crippen LogP contribution < -0.4 is 9.47 Å². The van der Waals surface area contributed by atoms with Crippen LogP contribution in [0.4, 0.5) is 10.5 Å². The molecule has 0 aliphatic carbocycles. The minimum Gasteiger partial charge on any atom is -0.504 e. The molecule has 0 radical (unpaired) electrons. The van der Waals surface area contributed by atoms with E-state index in [9.17, 15) is 24.8 Å². The molecular formula is C23H18N2O7S. The molecule has 1 aliphatic rings. The minimum absolute atomic E-state index is 0.00134. The van der Waals surface area contributed by atoms with E-state index < -0.39 is 16.1 Å². The van der Waals surface area contributed by atoms with Gasteiger partial charge in [-0.2, -0.15) is 0 Å². The number of carbonyl (C=O) groups excluding carboxylic acids is 2. The Morgan fingerprint density at radius 1 is 1.12 bits per heavy atom. The van der Waals surface area contributed by atoms with E-state index in [1.54, 1.807) is 0 Å². The lowest BCUT2D eigenvalue weighted by atomic mass is 10.1. The van der Waals surface area contributed by atoms with Gasteiger partial charge in [-0.05, 0) is 29.3 Å². The Kier molecular flexibility index (Phi) is 6.18. The van der Waals surface area contributed by atoms with E-state index in [1.807, 2.05) is 42.5 Å². The number of phenolic OH excluding ortho intramolecular Hbond substituents is 1. The van der Waals surface area contributed by atoms with Crippen molar-refractivity contribution < 1.29 is 29.1 Å². The standard InChI is InChI=1S/C23H18N2O7S/c1-31-19-13-16(25(29)30)11-15(21(19)26)12-20-22(27)24(23(28)33-20)9-10-32-18-8-4-6-14-5-2-3-7-17(14)18/h2-8,11-13,26H,9-10H2,1H3/b20-12-. The third kappa shape index (κ3) is 4.46. The average molecular weight is 466 g/mol. The highest BCUT2D eigenvalue weighted by Gasteiger charge is 2.35. The summed E-state index contributed by atoms with van der Waals surface area (Å²) >= 11 is 0.683. The van der Waals surface area contributed by atoms with E-state index in [0.29, 0.717) is 17.5 Å². The maximum Gasteiger partial charge on any atom is 0.293 e. The molecule has 0 atom stereocenters. The van der Waals surface area contributed by atoms with Gasteiger partial charge in [0.1, 0.15) is 12.4 Å². The highest BCUT2D eigenvalue weighted by atomic mass is 32.2. The molecule has 1 N–H and O–H groups in total. The summed E-state index contributed by atoms with van der Waals surface area (Å²) in [6, 6.07) is 15.5. The van der Waals surface area contributed by atoms with Gasteiger partial charge in [0.25, 0.3) is 16.8 Å². The van der Waals surface area contributed by atoms with Gasteiger partial charge >= 0.3 is 0 Å². The quantitative estimate of drug-likeness (QED) is 0.305. The van der Waals surface area contributed by atoms with Crippen molar-refractivity contribution in [3.63, 3.8) is 0 Å². The molecule has 33 heavy (non-hydrogen) atoms. The van der Waals surface area contributed by atoms with Crippen molar-refractivity contribution in [3.05, 3.63) is 75.2 Å². The number of imide groups is 1. The zero-order valence-electron chi connectivity index (χ0n) is 17.4. The molecule has 3 aromatic carbocycles. The summed E-state index contributed by atoms with van der Waals surface area (Å²) in [6.45, 7) is 0.116. The van der Waals surface area contributed by atoms with Crippen molar-refractivity contribution >= 4 is 45.4 Å². The number of nitrogens with zero attached hydrogens (tertiary/aromatic N) is 2. The fourth-order valence-electron chi connectivity index (χ4n) is 3.39. The maximum atomic E-state index is 12.8. The number of aromatic hydroxyl groups is 1. The topological polar surface area (TPSA) is 119 Å². The van der Waals surface area contributed by atoms with Crippen LogP contribution in [0.1, 0.15) is 5.56 Å². The van der Waals surface area contributed by atoms with E-state index in [-0.39, 0.29) is 40.8 Å². The molecular weight excluding hydrogens is 448 g/mol. The van der Waals surface area contributed by atoms with Crippen LogP contribution >= 0.6 is 11.8 Å². The predicted molar refractivity (Wildman–Crippen MR) is 123 cm³/mol. The van der Waals surface area contributed by atoms with Crippen molar-refractivity contribution in [1.29, 1.82) is 0 Å². The summed E-state index contributed by atoms with van der Waals surface area (Å²) in [4.78, 5) is 36.7. The van der Waals surface area contributed by atoms with Crippen LogP contribution in [0.15, 0.2) is 59.5 Å². The molecule has 10 heteroatoms. The lowest BCUT2D eigenvalue weighted by Gasteiger charge is -2.14. The second kappa shape index (κ2) is 9.21. The smallest absolute Gasteiger partial charge is 0.293 e. The monoisotopic (exact) mass is 466 g/mol. The van der Waals surface area contributed by atoms with Gasteiger partial charge < -0.3 is 14.6 Å². The second-order valence-electron chi connectivity index (χ2n) is 7.00. The number of fused-ring (bicyclic) bond motifs is 1. The van der Waals surface area contributed by atoms with E-state index in [2.05, 4.69) is 0 Å². The van der Waals surface area contributed by atoms with E-state index in [4.69, 9.17) is 9.47 Å². The van der Waals surface area contributed by atoms with E-state index >= 15 is 0 Å². The number of hydrogen-bond donors (Lipinski definition) is 1. The molecule has 0 aromatic heterocycles. The van der Waals surface area contributed by atoms with E-state index in [1.165, 1.54) is 13.2 Å². The summed E-state index contributed by atoms with van der Waals surface area (Å²) in [5.74, 6) is -0.409. The fraction of sp³-hybridized carbons (Fsp3) is 0.130. The molecule has 1 heterocycles. The van der Waals surface area contributed by atoms with Gasteiger partial charge in [-0.25, -0.2) is 0 Å². The minimum atomic E-state index is -0.643. The number of benzene rings is 3. The number of hydrogen-bond acceptors (Lipinski definition) is 8. The predicted octanol–water partition coefficient (Wildman–Crippen LogP) is 4.58. The Bertz CT molecular complexity index is 1300. The van der Waals surface area contributed by atoms with Gasteiger partial charge in [0.2, 0.25) is 0 Å². The molecule has 0 unspecified atom stereocenters. The number of nitro groups is 1. The molecule has 9 nitrogen and oxygen atoms in total. The third-order valence-corrected chi connectivity index (χ3v) is 5.91. The summed E-state index contributed by atoms with van der Waals surface area (Å²) in [6.07, 6.45) is 1.24. The van der Waals surface area contributed by atoms with Crippen molar-refractivity contribution in [2.45, 2.75) is 0 Å². The highest BCUT2D eigenvalue weighted by molar-refractivity contribution is 8.18. The summed E-state index contributed by atoms with van der Waals surface area (Å²) in [7, 11) is 1.26. The molecule has 4 rings (SSSR count). The van der Waals surface area contributed by atoms with Gasteiger partial charge in [0.15, 0.2) is 11.5 Å². The number of amides is 2. The number of phenols is 1. The average Bonchev–Trinajstić information content (AvgIpc) is 3.07. The number of thioether (sulfide) groups is 1. The summed E-state index contributed by atoms with van der Waals surface area (Å²) in [5, 5.41) is 22.9. The molecule has 168 valence electrons. The molecule has 0 bridgehead atoms. The Hall–Kier alpha value is -4.05. The van der Waals surface area contributed by atoms with Crippen LogP contribution in [0, 0.1) is 10.1 Å². The van der Waals surface area contributed by atoms with Crippen LogP contribution in [-0.2, 0) is 4.79 Å². The maximum absolute atomic E-state index is 12.8. The number of nitro benzene ring substituents is 1. The number of carbonyl (C=O) groups is 2. The van der Waals surface area contributed by atoms with E-state index in [0.717, 1.165) is 27.8 Å². The molecule has 1 aliphatic heterocycles. The zero-order valence-corrected chi connectivity index (χ0v) is 18.2. The van der Waals surface area contributed by atoms with Crippen LogP contribution in [0.5, 0.6) is 17.2 Å². The molecule has 0 saturated carbocycles. The normalized spacial score (nSPS) is 14.8. The lowest BCUT2D eigenvalue weighted by Crippen LogP contribution is -2.32. The van der Waals surface area contributed by atoms with Crippen molar-refractivity contribution in [1.82, 2.24) is 4.90 Å².